The van der Waals surface area contributed by atoms with Gasteiger partial charge in [0, 0.05) is 12.5 Å². The van der Waals surface area contributed by atoms with Gasteiger partial charge in [0.15, 0.2) is 19.7 Å². The molecule has 224 valence electrons. The molecule has 0 aliphatic heterocycles. The summed E-state index contributed by atoms with van der Waals surface area (Å²) in [6.45, 7) is -1.94. The fourth-order valence-corrected chi connectivity index (χ4v) is 6.17. The van der Waals surface area contributed by atoms with E-state index < -0.39 is 77.0 Å². The van der Waals surface area contributed by atoms with Crippen molar-refractivity contribution in [2.45, 2.75) is 31.7 Å². The first-order valence-electron chi connectivity index (χ1n) is 10.4. The number of nitrogens with one attached hydrogen (secondary N) is 2. The van der Waals surface area contributed by atoms with Gasteiger partial charge in [-0.25, -0.2) is 43.1 Å². The first-order valence-corrected chi connectivity index (χ1v) is 17.2. The van der Waals surface area contributed by atoms with E-state index in [2.05, 4.69) is 0 Å². The molecule has 0 bridgehead atoms. The van der Waals surface area contributed by atoms with E-state index in [1.807, 2.05) is 0 Å². The second-order valence-corrected chi connectivity index (χ2v) is 15.3. The number of aliphatic hydroxyl groups excluding tert-OH is 2. The molecule has 0 amide bonds. The molecule has 0 aromatic heterocycles. The molecule has 41 heavy (non-hydrogen) atoms. The Morgan fingerprint density at radius 3 is 1.00 bits per heavy atom. The van der Waals surface area contributed by atoms with Gasteiger partial charge in [-0.3, -0.25) is 0 Å². The van der Waals surface area contributed by atoms with E-state index in [9.17, 15) is 53.5 Å². The number of carboxylic acids is 2. The van der Waals surface area contributed by atoms with Gasteiger partial charge in [-0.1, -0.05) is 0 Å². The van der Waals surface area contributed by atoms with Gasteiger partial charge < -0.3 is 30.0 Å². The van der Waals surface area contributed by atoms with E-state index in [0.29, 0.717) is 0 Å². The van der Waals surface area contributed by atoms with Crippen molar-refractivity contribution in [3.8, 4) is 0 Å². The van der Waals surface area contributed by atoms with E-state index in [0.717, 1.165) is 61.0 Å². The summed E-state index contributed by atoms with van der Waals surface area (Å²) in [5.41, 5.74) is 0. The number of benzene rings is 2. The summed E-state index contributed by atoms with van der Waals surface area (Å²) in [7, 11) is -15.3. The first-order chi connectivity index (χ1) is 18.2. The summed E-state index contributed by atoms with van der Waals surface area (Å²) in [6.07, 6.45) is 1.93. The monoisotopic (exact) mass is 684 g/mol. The zero-order chi connectivity index (χ0) is 31.1. The molecule has 2 aromatic carbocycles. The molecule has 0 fully saturated rings. The number of hydrogen-bond donors (Lipinski definition) is 4. The predicted octanol–water partition coefficient (Wildman–Crippen LogP) is -5.42. The molecule has 21 heteroatoms. The second kappa shape index (κ2) is 15.7. The minimum Gasteiger partial charge on any atom is -0.548 e. The van der Waals surface area contributed by atoms with E-state index in [4.69, 9.17) is 10.2 Å². The molecule has 4 N–H and O–H groups in total. The fourth-order valence-electron chi connectivity index (χ4n) is 2.56. The average molecular weight is 685 g/mol. The summed E-state index contributed by atoms with van der Waals surface area (Å²) in [4.78, 5) is 20.3. The van der Waals surface area contributed by atoms with Crippen LogP contribution < -0.4 is 19.7 Å². The molecular formula is C20H24CaN2O14S4. The minimum atomic E-state index is -4.20. The number of aliphatic carboxylic acids is 2. The molecule has 0 unspecified atom stereocenters. The predicted molar refractivity (Wildman–Crippen MR) is 137 cm³/mol. The summed E-state index contributed by atoms with van der Waals surface area (Å²) < 4.78 is 95.6. The number of rotatable bonds is 12. The Morgan fingerprint density at radius 1 is 0.610 bits per heavy atom. The third kappa shape index (κ3) is 12.2. The van der Waals surface area contributed by atoms with Crippen LogP contribution in [0.1, 0.15) is 0 Å². The number of aliphatic hydroxyl groups is 2. The Morgan fingerprint density at radius 2 is 0.829 bits per heavy atom. The van der Waals surface area contributed by atoms with Gasteiger partial charge >= 0.3 is 37.7 Å². The Hall–Kier alpha value is -1.72. The zero-order valence-electron chi connectivity index (χ0n) is 21.3. The maximum absolute atomic E-state index is 11.8. The number of hydrogen-bond acceptors (Lipinski definition) is 14. The number of sulfone groups is 2. The number of carbonyl (C=O) groups is 2. The third-order valence-corrected chi connectivity index (χ3v) is 9.89. The van der Waals surface area contributed by atoms with Crippen LogP contribution in [0.15, 0.2) is 68.1 Å². The standard InChI is InChI=1S/2C10H13NO7S2.Ca/c2*1-19(15,16)7-2-4-8(5-3-7)20(17,18)11-9(6-12)10(13)14;/h2*2-5,9,11-12H,6H2,1H3,(H,13,14);/q;;+2/p-2/t2*9-;/m00./s1. The van der Waals surface area contributed by atoms with Crippen molar-refractivity contribution in [3.63, 3.8) is 0 Å². The SMILES string of the molecule is CS(=O)(=O)c1ccc(S(=O)(=O)N[C@@H](CO)C(=O)[O-])cc1.CS(=O)(=O)c1ccc(S(=O)(=O)N[C@@H](CO)C(=O)[O-])cc1.[Ca+2]. The average Bonchev–Trinajstić information content (AvgIpc) is 2.85. The maximum Gasteiger partial charge on any atom is 2.00 e. The molecule has 0 heterocycles. The summed E-state index contributed by atoms with van der Waals surface area (Å²) in [5, 5.41) is 38.6. The van der Waals surface area contributed by atoms with E-state index in [-0.39, 0.29) is 57.3 Å². The van der Waals surface area contributed by atoms with Crippen LogP contribution in [-0.4, -0.2) is 131 Å². The van der Waals surface area contributed by atoms with Crippen LogP contribution in [0.3, 0.4) is 0 Å². The molecule has 0 saturated carbocycles. The molecule has 0 aliphatic carbocycles. The van der Waals surface area contributed by atoms with Crippen LogP contribution in [0, 0.1) is 0 Å². The fraction of sp³-hybridized carbons (Fsp3) is 0.300. The van der Waals surface area contributed by atoms with Crippen LogP contribution in [0.5, 0.6) is 0 Å². The number of sulfonamides is 2. The molecule has 0 saturated heterocycles. The molecular weight excluding hydrogens is 661 g/mol. The Balaban J connectivity index is 0.000000762. The Bertz CT molecular complexity index is 1520. The van der Waals surface area contributed by atoms with E-state index in [1.54, 1.807) is 9.44 Å². The summed E-state index contributed by atoms with van der Waals surface area (Å²) in [6, 6.07) is 4.82. The molecule has 16 nitrogen and oxygen atoms in total. The van der Waals surface area contributed by atoms with Gasteiger partial charge in [0.05, 0.1) is 56.8 Å². The zero-order valence-corrected chi connectivity index (χ0v) is 26.8. The van der Waals surface area contributed by atoms with Gasteiger partial charge in [0.25, 0.3) is 0 Å². The van der Waals surface area contributed by atoms with Crippen LogP contribution >= 0.6 is 0 Å². The molecule has 2 aromatic rings. The van der Waals surface area contributed by atoms with Crippen molar-refractivity contribution < 1.29 is 63.7 Å². The minimum absolute atomic E-state index is 0. The Labute approximate surface area is 266 Å². The topological polar surface area (TPSA) is 281 Å². The first kappa shape index (κ1) is 39.3. The molecule has 0 aliphatic rings. The van der Waals surface area contributed by atoms with Crippen molar-refractivity contribution in [2.24, 2.45) is 0 Å². The smallest absolute Gasteiger partial charge is 0.548 e. The maximum atomic E-state index is 11.8. The summed E-state index contributed by atoms with van der Waals surface area (Å²) in [5.74, 6) is -3.55. The molecule has 2 atom stereocenters. The van der Waals surface area contributed by atoms with Crippen molar-refractivity contribution in [1.29, 1.82) is 0 Å². The van der Waals surface area contributed by atoms with Crippen LogP contribution in [-0.2, 0) is 49.3 Å². The largest absolute Gasteiger partial charge is 2.00 e. The van der Waals surface area contributed by atoms with Gasteiger partial charge in [-0.05, 0) is 48.5 Å². The van der Waals surface area contributed by atoms with Crippen LogP contribution in [0.4, 0.5) is 0 Å². The van der Waals surface area contributed by atoms with Gasteiger partial charge in [0.1, 0.15) is 0 Å². The van der Waals surface area contributed by atoms with Gasteiger partial charge in [0.2, 0.25) is 20.0 Å². The van der Waals surface area contributed by atoms with Crippen LogP contribution in [0.25, 0.3) is 0 Å². The normalized spacial score (nSPS) is 13.6. The Kier molecular flexibility index (Phi) is 15.0. The van der Waals surface area contributed by atoms with Gasteiger partial charge in [-0.2, -0.15) is 0 Å². The summed E-state index contributed by atoms with van der Waals surface area (Å²) >= 11 is 0. The van der Waals surface area contributed by atoms with Crippen molar-refractivity contribution >= 4 is 89.4 Å². The van der Waals surface area contributed by atoms with Crippen molar-refractivity contribution in [2.75, 3.05) is 25.7 Å². The second-order valence-electron chi connectivity index (χ2n) is 7.84. The van der Waals surface area contributed by atoms with Gasteiger partial charge in [-0.15, -0.1) is 0 Å². The van der Waals surface area contributed by atoms with Crippen molar-refractivity contribution in [3.05, 3.63) is 48.5 Å². The van der Waals surface area contributed by atoms with Crippen LogP contribution in [0.2, 0.25) is 0 Å². The number of carboxylic acid groups (broad SMARTS) is 2. The molecule has 0 spiro atoms. The van der Waals surface area contributed by atoms with E-state index in [1.165, 1.54) is 0 Å². The molecule has 0 radical (unpaired) electrons. The quantitative estimate of drug-likeness (QED) is 0.152. The van der Waals surface area contributed by atoms with Crippen molar-refractivity contribution in [1.82, 2.24) is 9.44 Å². The third-order valence-electron chi connectivity index (χ3n) is 4.65. The molecule has 2 rings (SSSR count). The number of carbonyl (C=O) groups excluding carboxylic acids is 2. The van der Waals surface area contributed by atoms with E-state index >= 15 is 0 Å².